The molecule has 4 unspecified atom stereocenters. The van der Waals surface area contributed by atoms with Crippen molar-refractivity contribution in [2.24, 2.45) is 23.7 Å². The lowest BCUT2D eigenvalue weighted by Crippen LogP contribution is -2.65. The fourth-order valence-electron chi connectivity index (χ4n) is 7.46. The number of nitrogens with zero attached hydrogens (tertiary/aromatic N) is 2. The Balaban J connectivity index is 1.66. The van der Waals surface area contributed by atoms with Crippen LogP contribution in [0.2, 0.25) is 0 Å². The molecule has 0 spiro atoms. The minimum Gasteiger partial charge on any atom is -0.459 e. The fraction of sp³-hybridized carbons (Fsp3) is 0.789. The number of likely N-dealkylation sites (tertiary alicyclic amines) is 1. The van der Waals surface area contributed by atoms with Gasteiger partial charge in [0.2, 0.25) is 0 Å². The maximum Gasteiger partial charge on any atom is 0.338 e. The molecule has 2 heterocycles. The summed E-state index contributed by atoms with van der Waals surface area (Å²) >= 11 is 0. The summed E-state index contributed by atoms with van der Waals surface area (Å²) in [6, 6.07) is 7.55. The van der Waals surface area contributed by atoms with Crippen LogP contribution in [0.3, 0.4) is 0 Å². The third kappa shape index (κ3) is 9.32. The Kier molecular flexibility index (Phi) is 13.1. The third-order valence-corrected chi connectivity index (χ3v) is 10.2. The Morgan fingerprint density at radius 1 is 0.800 bits per heavy atom. The van der Waals surface area contributed by atoms with Crippen molar-refractivity contribution in [3.63, 3.8) is 0 Å². The van der Waals surface area contributed by atoms with E-state index < -0.39 is 0 Å². The van der Waals surface area contributed by atoms with Gasteiger partial charge < -0.3 is 9.47 Å². The van der Waals surface area contributed by atoms with Gasteiger partial charge in [0, 0.05) is 48.8 Å². The zero-order valence-corrected chi connectivity index (χ0v) is 30.5. The normalized spacial score (nSPS) is 27.8. The summed E-state index contributed by atoms with van der Waals surface area (Å²) < 4.78 is 12.2. The minimum atomic E-state index is -0.364. The van der Waals surface area contributed by atoms with Crippen LogP contribution in [-0.2, 0) is 14.3 Å². The number of carbonyl (C=O) groups excluding carboxylic acids is 2. The molecule has 0 N–H and O–H groups in total. The highest BCUT2D eigenvalue weighted by molar-refractivity contribution is 5.93. The van der Waals surface area contributed by atoms with Crippen LogP contribution in [0.4, 0.5) is 0 Å². The van der Waals surface area contributed by atoms with Crippen LogP contribution in [-0.4, -0.2) is 70.4 Å². The third-order valence-electron chi connectivity index (χ3n) is 10.2. The van der Waals surface area contributed by atoms with Crippen LogP contribution >= 0.6 is 0 Å². The number of esters is 2. The monoisotopic (exact) mass is 628 g/mol. The van der Waals surface area contributed by atoms with Gasteiger partial charge in [0.15, 0.2) is 0 Å². The highest BCUT2D eigenvalue weighted by Gasteiger charge is 2.51. The lowest BCUT2D eigenvalue weighted by molar-refractivity contribution is -0.309. The molecule has 7 nitrogen and oxygen atoms in total. The summed E-state index contributed by atoms with van der Waals surface area (Å²) in [6.45, 7) is 28.3. The molecular formula is C38H64N2O5. The van der Waals surface area contributed by atoms with E-state index in [-0.39, 0.29) is 35.2 Å². The number of benzene rings is 1. The van der Waals surface area contributed by atoms with E-state index in [0.29, 0.717) is 66.3 Å². The number of piperidine rings is 2. The van der Waals surface area contributed by atoms with Gasteiger partial charge in [-0.15, -0.1) is 0 Å². The first-order valence-corrected chi connectivity index (χ1v) is 17.7. The van der Waals surface area contributed by atoms with Crippen molar-refractivity contribution in [2.75, 3.05) is 13.2 Å². The lowest BCUT2D eigenvalue weighted by atomic mass is 9.73. The van der Waals surface area contributed by atoms with Crippen LogP contribution in [0.25, 0.3) is 0 Å². The zero-order valence-electron chi connectivity index (χ0n) is 30.5. The van der Waals surface area contributed by atoms with Gasteiger partial charge in [0.25, 0.3) is 0 Å². The molecule has 45 heavy (non-hydrogen) atoms. The van der Waals surface area contributed by atoms with Crippen LogP contribution in [0.1, 0.15) is 142 Å². The molecule has 4 atom stereocenters. The molecule has 2 aliphatic heterocycles. The zero-order chi connectivity index (χ0) is 33.7. The Bertz CT molecular complexity index is 1080. The van der Waals surface area contributed by atoms with Gasteiger partial charge in [-0.2, -0.15) is 5.06 Å². The van der Waals surface area contributed by atoms with Gasteiger partial charge in [0.05, 0.1) is 17.7 Å². The van der Waals surface area contributed by atoms with Crippen molar-refractivity contribution in [1.29, 1.82) is 0 Å². The molecule has 3 rings (SSSR count). The van der Waals surface area contributed by atoms with Crippen molar-refractivity contribution in [3.05, 3.63) is 35.4 Å². The summed E-state index contributed by atoms with van der Waals surface area (Å²) in [4.78, 5) is 35.6. The van der Waals surface area contributed by atoms with Gasteiger partial charge in [-0.3, -0.25) is 9.74 Å². The van der Waals surface area contributed by atoms with Crippen LogP contribution < -0.4 is 0 Å². The number of rotatable bonds is 13. The van der Waals surface area contributed by atoms with Crippen LogP contribution in [0, 0.1) is 23.7 Å². The average Bonchev–Trinajstić information content (AvgIpc) is 2.94. The minimum absolute atomic E-state index is 0.117. The second kappa shape index (κ2) is 15.8. The van der Waals surface area contributed by atoms with E-state index in [9.17, 15) is 9.59 Å². The van der Waals surface area contributed by atoms with Gasteiger partial charge in [-0.25, -0.2) is 9.59 Å². The molecule has 7 heteroatoms. The average molecular weight is 629 g/mol. The molecule has 1 aromatic rings. The molecule has 2 saturated heterocycles. The molecule has 256 valence electrons. The number of hydrogen-bond donors (Lipinski definition) is 0. The summed E-state index contributed by atoms with van der Waals surface area (Å²) in [6.07, 6.45) is 5.08. The Morgan fingerprint density at radius 3 is 1.71 bits per heavy atom. The van der Waals surface area contributed by atoms with E-state index in [0.717, 1.165) is 19.4 Å². The van der Waals surface area contributed by atoms with Gasteiger partial charge in [-0.05, 0) is 81.7 Å². The molecule has 2 fully saturated rings. The predicted octanol–water partition coefficient (Wildman–Crippen LogP) is 8.56. The van der Waals surface area contributed by atoms with Crippen molar-refractivity contribution in [3.8, 4) is 0 Å². The van der Waals surface area contributed by atoms with Gasteiger partial charge >= 0.3 is 11.9 Å². The molecule has 0 saturated carbocycles. The number of carbonyl (C=O) groups is 2. The largest absolute Gasteiger partial charge is 0.459 e. The number of hydrogen-bond acceptors (Lipinski definition) is 7. The quantitative estimate of drug-likeness (QED) is 0.203. The molecule has 0 bridgehead atoms. The highest BCUT2D eigenvalue weighted by atomic mass is 16.7. The molecule has 0 amide bonds. The van der Waals surface area contributed by atoms with Crippen molar-refractivity contribution >= 4 is 11.9 Å². The summed E-state index contributed by atoms with van der Waals surface area (Å²) in [5.41, 5.74) is 0.314. The van der Waals surface area contributed by atoms with Gasteiger partial charge in [-0.1, -0.05) is 68.7 Å². The summed E-state index contributed by atoms with van der Waals surface area (Å²) in [7, 11) is 0. The second-order valence-electron chi connectivity index (χ2n) is 16.0. The smallest absolute Gasteiger partial charge is 0.338 e. The molecule has 0 radical (unpaired) electrons. The maximum atomic E-state index is 13.3. The Morgan fingerprint density at radius 2 is 1.29 bits per heavy atom. The number of hydroxylamine groups is 2. The summed E-state index contributed by atoms with van der Waals surface area (Å²) in [5, 5.41) is 2.16. The standard InChI is InChI=1S/C38H64N2O5/c1-13-14-19-39-33(26(4)5)20-31(21-34(39)27(6)7)44-35(41)29-15-17-30(18-16-29)36(42)45-32-22-37(10,11)40(43-24-25(2)3)38(12,23-32)28(8)9/h15-18,25-28,31-34H,13-14,19-24H2,1-12H3. The van der Waals surface area contributed by atoms with Crippen LogP contribution in [0.15, 0.2) is 24.3 Å². The molecule has 0 aromatic heterocycles. The highest BCUT2D eigenvalue weighted by Crippen LogP contribution is 2.44. The van der Waals surface area contributed by atoms with E-state index in [1.54, 1.807) is 24.3 Å². The number of ether oxygens (including phenoxy) is 2. The van der Waals surface area contributed by atoms with Crippen molar-refractivity contribution in [1.82, 2.24) is 9.96 Å². The van der Waals surface area contributed by atoms with E-state index in [1.165, 1.54) is 12.8 Å². The first kappa shape index (κ1) is 37.5. The van der Waals surface area contributed by atoms with E-state index in [2.05, 4.69) is 93.0 Å². The fourth-order valence-corrected chi connectivity index (χ4v) is 7.46. The van der Waals surface area contributed by atoms with E-state index in [1.807, 2.05) is 0 Å². The van der Waals surface area contributed by atoms with Crippen LogP contribution in [0.5, 0.6) is 0 Å². The molecular weight excluding hydrogens is 564 g/mol. The van der Waals surface area contributed by atoms with Gasteiger partial charge in [0.1, 0.15) is 12.2 Å². The SMILES string of the molecule is CCCCN1C(C(C)C)CC(OC(=O)c2ccc(C(=O)OC3CC(C)(C)N(OCC(C)C)C(C)(C(C)C)C3)cc2)CC1C(C)C. The van der Waals surface area contributed by atoms with Crippen molar-refractivity contribution in [2.45, 2.75) is 157 Å². The number of unbranched alkanes of at least 4 members (excludes halogenated alkanes) is 1. The Hall–Kier alpha value is -1.96. The van der Waals surface area contributed by atoms with E-state index >= 15 is 0 Å². The van der Waals surface area contributed by atoms with Crippen molar-refractivity contribution < 1.29 is 23.9 Å². The molecule has 1 aromatic carbocycles. The molecule has 2 aliphatic rings. The topological polar surface area (TPSA) is 68.3 Å². The first-order valence-electron chi connectivity index (χ1n) is 17.7. The second-order valence-corrected chi connectivity index (χ2v) is 16.0. The summed E-state index contributed by atoms with van der Waals surface area (Å²) in [5.74, 6) is 1.00. The first-order chi connectivity index (χ1) is 21.0. The van der Waals surface area contributed by atoms with E-state index in [4.69, 9.17) is 14.3 Å². The predicted molar refractivity (Wildman–Crippen MR) is 182 cm³/mol. The lowest BCUT2D eigenvalue weighted by Gasteiger charge is -2.56. The Labute approximate surface area is 274 Å². The molecule has 0 aliphatic carbocycles. The maximum absolute atomic E-state index is 13.3.